The van der Waals surface area contributed by atoms with Crippen LogP contribution in [0.1, 0.15) is 18.1 Å². The zero-order valence-electron chi connectivity index (χ0n) is 8.03. The van der Waals surface area contributed by atoms with Crippen molar-refractivity contribution in [2.24, 2.45) is 5.73 Å². The van der Waals surface area contributed by atoms with Crippen LogP contribution in [-0.2, 0) is 0 Å². The van der Waals surface area contributed by atoms with Crippen molar-refractivity contribution in [1.82, 2.24) is 0 Å². The number of hydrogen-bond acceptors (Lipinski definition) is 3. The standard InChI is InChI=1S/C10H14BrNO2/c1-14-7-2-3-8(9(11)6-7)10(13)4-5-12/h2-3,6,10,13H,4-5,12H2,1H3/t10-/m1/s1. The summed E-state index contributed by atoms with van der Waals surface area (Å²) in [7, 11) is 1.61. The second-order valence-corrected chi connectivity index (χ2v) is 3.83. The van der Waals surface area contributed by atoms with E-state index in [1.54, 1.807) is 7.11 Å². The number of benzene rings is 1. The molecule has 0 saturated carbocycles. The fourth-order valence-corrected chi connectivity index (χ4v) is 1.84. The number of halogens is 1. The first-order valence-electron chi connectivity index (χ1n) is 4.40. The zero-order valence-corrected chi connectivity index (χ0v) is 9.62. The lowest BCUT2D eigenvalue weighted by Crippen LogP contribution is -2.07. The van der Waals surface area contributed by atoms with Crippen LogP contribution in [0.25, 0.3) is 0 Å². The minimum absolute atomic E-state index is 0.472. The molecule has 0 aromatic heterocycles. The predicted octanol–water partition coefficient (Wildman–Crippen LogP) is 1.84. The van der Waals surface area contributed by atoms with E-state index in [2.05, 4.69) is 15.9 Å². The van der Waals surface area contributed by atoms with Crippen molar-refractivity contribution >= 4 is 15.9 Å². The van der Waals surface area contributed by atoms with Gasteiger partial charge in [-0.3, -0.25) is 0 Å². The molecule has 4 heteroatoms. The fraction of sp³-hybridized carbons (Fsp3) is 0.400. The molecule has 1 atom stereocenters. The Morgan fingerprint density at radius 1 is 1.57 bits per heavy atom. The summed E-state index contributed by atoms with van der Waals surface area (Å²) in [4.78, 5) is 0. The van der Waals surface area contributed by atoms with E-state index in [4.69, 9.17) is 10.5 Å². The molecule has 1 aromatic rings. The summed E-state index contributed by atoms with van der Waals surface area (Å²) in [5, 5.41) is 9.71. The molecule has 0 aliphatic rings. The molecule has 0 saturated heterocycles. The molecule has 0 aliphatic carbocycles. The van der Waals surface area contributed by atoms with Gasteiger partial charge in [0, 0.05) is 4.47 Å². The van der Waals surface area contributed by atoms with Crippen molar-refractivity contribution in [3.05, 3.63) is 28.2 Å². The van der Waals surface area contributed by atoms with Gasteiger partial charge in [-0.2, -0.15) is 0 Å². The van der Waals surface area contributed by atoms with E-state index in [9.17, 15) is 5.11 Å². The number of aliphatic hydroxyl groups excluding tert-OH is 1. The summed E-state index contributed by atoms with van der Waals surface area (Å²) < 4.78 is 5.90. The van der Waals surface area contributed by atoms with Crippen LogP contribution in [0.3, 0.4) is 0 Å². The molecule has 0 heterocycles. The van der Waals surface area contributed by atoms with Gasteiger partial charge in [0.1, 0.15) is 5.75 Å². The highest BCUT2D eigenvalue weighted by Crippen LogP contribution is 2.28. The highest BCUT2D eigenvalue weighted by atomic mass is 79.9. The normalized spacial score (nSPS) is 12.6. The third kappa shape index (κ3) is 2.70. The van der Waals surface area contributed by atoms with E-state index < -0.39 is 6.10 Å². The molecule has 0 bridgehead atoms. The largest absolute Gasteiger partial charge is 0.497 e. The smallest absolute Gasteiger partial charge is 0.120 e. The van der Waals surface area contributed by atoms with Crippen molar-refractivity contribution in [2.45, 2.75) is 12.5 Å². The second kappa shape index (κ2) is 5.34. The summed E-state index contributed by atoms with van der Waals surface area (Å²) >= 11 is 3.38. The average molecular weight is 260 g/mol. The summed E-state index contributed by atoms with van der Waals surface area (Å²) in [5.41, 5.74) is 6.22. The Hall–Kier alpha value is -0.580. The van der Waals surface area contributed by atoms with Gasteiger partial charge < -0.3 is 15.6 Å². The molecule has 1 aromatic carbocycles. The van der Waals surface area contributed by atoms with Gasteiger partial charge in [-0.25, -0.2) is 0 Å². The van der Waals surface area contributed by atoms with Crippen molar-refractivity contribution in [1.29, 1.82) is 0 Å². The molecule has 1 rings (SSSR count). The minimum Gasteiger partial charge on any atom is -0.497 e. The highest BCUT2D eigenvalue weighted by molar-refractivity contribution is 9.10. The van der Waals surface area contributed by atoms with Crippen LogP contribution in [0.15, 0.2) is 22.7 Å². The Balaban J connectivity index is 2.88. The maximum absolute atomic E-state index is 9.71. The molecule has 0 amide bonds. The van der Waals surface area contributed by atoms with Crippen LogP contribution in [0, 0.1) is 0 Å². The summed E-state index contributed by atoms with van der Waals surface area (Å²) in [6.07, 6.45) is 0.0468. The molecule has 0 aliphatic heterocycles. The number of rotatable bonds is 4. The molecule has 3 nitrogen and oxygen atoms in total. The third-order valence-corrected chi connectivity index (χ3v) is 2.69. The van der Waals surface area contributed by atoms with Crippen LogP contribution < -0.4 is 10.5 Å². The van der Waals surface area contributed by atoms with Crippen molar-refractivity contribution in [3.8, 4) is 5.75 Å². The molecule has 14 heavy (non-hydrogen) atoms. The molecule has 0 unspecified atom stereocenters. The predicted molar refractivity (Wildman–Crippen MR) is 59.3 cm³/mol. The van der Waals surface area contributed by atoms with Crippen LogP contribution in [0.5, 0.6) is 5.75 Å². The van der Waals surface area contributed by atoms with Crippen LogP contribution >= 0.6 is 15.9 Å². The minimum atomic E-state index is -0.514. The molecule has 0 fully saturated rings. The van der Waals surface area contributed by atoms with E-state index in [1.807, 2.05) is 18.2 Å². The molecular formula is C10H14BrNO2. The lowest BCUT2D eigenvalue weighted by atomic mass is 10.1. The Labute approximate surface area is 92.0 Å². The first-order valence-corrected chi connectivity index (χ1v) is 5.20. The average Bonchev–Trinajstić information content (AvgIpc) is 2.17. The Morgan fingerprint density at radius 3 is 2.79 bits per heavy atom. The Morgan fingerprint density at radius 2 is 2.29 bits per heavy atom. The topological polar surface area (TPSA) is 55.5 Å². The van der Waals surface area contributed by atoms with E-state index >= 15 is 0 Å². The van der Waals surface area contributed by atoms with Gasteiger partial charge in [0.2, 0.25) is 0 Å². The van der Waals surface area contributed by atoms with Crippen LogP contribution in [0.2, 0.25) is 0 Å². The number of methoxy groups -OCH3 is 1. The maximum atomic E-state index is 9.71. The summed E-state index contributed by atoms with van der Waals surface area (Å²) in [6, 6.07) is 5.48. The SMILES string of the molecule is COc1ccc([C@H](O)CCN)c(Br)c1. The monoisotopic (exact) mass is 259 g/mol. The lowest BCUT2D eigenvalue weighted by molar-refractivity contribution is 0.169. The van der Waals surface area contributed by atoms with Crippen molar-refractivity contribution in [3.63, 3.8) is 0 Å². The quantitative estimate of drug-likeness (QED) is 0.868. The van der Waals surface area contributed by atoms with Gasteiger partial charge in [-0.05, 0) is 30.7 Å². The van der Waals surface area contributed by atoms with Gasteiger partial charge in [-0.1, -0.05) is 22.0 Å². The number of nitrogens with two attached hydrogens (primary N) is 1. The third-order valence-electron chi connectivity index (χ3n) is 2.01. The maximum Gasteiger partial charge on any atom is 0.120 e. The van der Waals surface area contributed by atoms with Crippen LogP contribution in [-0.4, -0.2) is 18.8 Å². The van der Waals surface area contributed by atoms with E-state index in [0.29, 0.717) is 13.0 Å². The van der Waals surface area contributed by atoms with E-state index in [0.717, 1.165) is 15.8 Å². The summed E-state index contributed by atoms with van der Waals surface area (Å²) in [5.74, 6) is 0.764. The van der Waals surface area contributed by atoms with Crippen molar-refractivity contribution < 1.29 is 9.84 Å². The van der Waals surface area contributed by atoms with Gasteiger partial charge in [0.05, 0.1) is 13.2 Å². The first kappa shape index (κ1) is 11.5. The molecule has 0 radical (unpaired) electrons. The van der Waals surface area contributed by atoms with E-state index in [-0.39, 0.29) is 0 Å². The second-order valence-electron chi connectivity index (χ2n) is 2.98. The number of aliphatic hydroxyl groups is 1. The summed E-state index contributed by atoms with van der Waals surface area (Å²) in [6.45, 7) is 0.472. The molecule has 3 N–H and O–H groups in total. The highest BCUT2D eigenvalue weighted by Gasteiger charge is 2.10. The van der Waals surface area contributed by atoms with Crippen molar-refractivity contribution in [2.75, 3.05) is 13.7 Å². The Bertz CT molecular complexity index is 304. The fourth-order valence-electron chi connectivity index (χ4n) is 1.22. The van der Waals surface area contributed by atoms with Gasteiger partial charge in [0.15, 0.2) is 0 Å². The Kier molecular flexibility index (Phi) is 4.38. The molecular weight excluding hydrogens is 246 g/mol. The number of hydrogen-bond donors (Lipinski definition) is 2. The van der Waals surface area contributed by atoms with E-state index in [1.165, 1.54) is 0 Å². The number of ether oxygens (including phenoxy) is 1. The van der Waals surface area contributed by atoms with Gasteiger partial charge in [0.25, 0.3) is 0 Å². The van der Waals surface area contributed by atoms with Gasteiger partial charge in [-0.15, -0.1) is 0 Å². The molecule has 78 valence electrons. The first-order chi connectivity index (χ1) is 6.69. The zero-order chi connectivity index (χ0) is 10.6. The lowest BCUT2D eigenvalue weighted by Gasteiger charge is -2.12. The molecule has 0 spiro atoms. The van der Waals surface area contributed by atoms with Gasteiger partial charge >= 0.3 is 0 Å². The van der Waals surface area contributed by atoms with Crippen LogP contribution in [0.4, 0.5) is 0 Å².